The molecule has 5 heteroatoms. The van der Waals surface area contributed by atoms with E-state index < -0.39 is 5.41 Å². The summed E-state index contributed by atoms with van der Waals surface area (Å²) in [7, 11) is 3.23. The first-order chi connectivity index (χ1) is 17.4. The van der Waals surface area contributed by atoms with Crippen molar-refractivity contribution >= 4 is 11.6 Å². The molecule has 0 amide bonds. The number of ketones is 2. The number of rotatable bonds is 5. The smallest absolute Gasteiger partial charge is 0.176 e. The second-order valence-electron chi connectivity index (χ2n) is 11.0. The fourth-order valence-electron chi connectivity index (χ4n) is 8.00. The van der Waals surface area contributed by atoms with Crippen LogP contribution in [0.5, 0.6) is 5.75 Å². The molecule has 0 heterocycles. The number of hydrogen-bond acceptors (Lipinski definition) is 5. The first-order valence-electron chi connectivity index (χ1n) is 13.1. The predicted octanol–water partition coefficient (Wildman–Crippen LogP) is 4.79. The minimum Gasteiger partial charge on any atom is -0.497 e. The lowest BCUT2D eigenvalue weighted by Gasteiger charge is -2.54. The van der Waals surface area contributed by atoms with Crippen LogP contribution in [-0.2, 0) is 14.3 Å². The maximum absolute atomic E-state index is 13.7. The molecule has 1 aromatic carbocycles. The molecule has 0 saturated heterocycles. The molecule has 2 fully saturated rings. The van der Waals surface area contributed by atoms with Crippen molar-refractivity contribution in [1.82, 2.24) is 0 Å². The SMILES string of the molecule is COCC(=O)[C@]1(C#CCO)CC[C@H]2[C@@H]3CCC4=CC(=O)CCC4=C3[C@@H](c3ccc(OC)cc3)C[C@@]21C. The molecule has 0 aliphatic heterocycles. The standard InChI is InChI=1S/C31H36O5/c1-30-18-26(20-5-9-23(36-3)10-6-20)29-24-12-8-22(33)17-21(24)7-11-25(29)27(30)13-15-31(30,14-4-16-32)28(34)19-35-2/h5-6,9-10,17,25-27,32H,7-8,11-13,15-16,18-19H2,1-3H3/t25-,26+,27-,30-,31-/m0/s1. The Morgan fingerprint density at radius 1 is 1.14 bits per heavy atom. The Morgan fingerprint density at radius 3 is 2.61 bits per heavy atom. The number of aliphatic hydroxyl groups is 1. The molecule has 0 unspecified atom stereocenters. The van der Waals surface area contributed by atoms with Crippen molar-refractivity contribution in [2.75, 3.05) is 27.4 Å². The quantitative estimate of drug-likeness (QED) is 0.603. The second kappa shape index (κ2) is 9.65. The van der Waals surface area contributed by atoms with Crippen molar-refractivity contribution in [2.24, 2.45) is 22.7 Å². The molecule has 0 radical (unpaired) electrons. The van der Waals surface area contributed by atoms with E-state index in [1.54, 1.807) is 14.2 Å². The van der Waals surface area contributed by atoms with Gasteiger partial charge in [0.1, 0.15) is 19.0 Å². The van der Waals surface area contributed by atoms with E-state index in [-0.39, 0.29) is 36.1 Å². The molecule has 1 N–H and O–H groups in total. The van der Waals surface area contributed by atoms with Crippen LogP contribution in [0, 0.1) is 34.5 Å². The number of Topliss-reactive ketones (excluding diaryl/α,β-unsaturated/α-hetero) is 1. The number of carbonyl (C=O) groups excluding carboxylic acids is 2. The minimum atomic E-state index is -0.837. The Bertz CT molecular complexity index is 1180. The zero-order chi connectivity index (χ0) is 25.5. The zero-order valence-corrected chi connectivity index (χ0v) is 21.6. The summed E-state index contributed by atoms with van der Waals surface area (Å²) in [6, 6.07) is 8.32. The van der Waals surface area contributed by atoms with Gasteiger partial charge < -0.3 is 14.6 Å². The molecular weight excluding hydrogens is 452 g/mol. The third-order valence-electron chi connectivity index (χ3n) is 9.58. The Morgan fingerprint density at radius 2 is 1.92 bits per heavy atom. The summed E-state index contributed by atoms with van der Waals surface area (Å²) in [5, 5.41) is 9.58. The lowest BCUT2D eigenvalue weighted by atomic mass is 9.48. The summed E-state index contributed by atoms with van der Waals surface area (Å²) >= 11 is 0. The molecular formula is C31H36O5. The molecule has 1 aromatic rings. The van der Waals surface area contributed by atoms with Gasteiger partial charge in [0, 0.05) is 19.4 Å². The monoisotopic (exact) mass is 488 g/mol. The maximum Gasteiger partial charge on any atom is 0.176 e. The van der Waals surface area contributed by atoms with E-state index in [9.17, 15) is 14.7 Å². The van der Waals surface area contributed by atoms with E-state index in [1.807, 2.05) is 18.2 Å². The number of allylic oxidation sites excluding steroid dienone is 4. The zero-order valence-electron chi connectivity index (χ0n) is 21.6. The molecule has 36 heavy (non-hydrogen) atoms. The third-order valence-corrected chi connectivity index (χ3v) is 9.58. The van der Waals surface area contributed by atoms with Crippen LogP contribution in [0.25, 0.3) is 0 Å². The fraction of sp³-hybridized carbons (Fsp3) is 0.548. The van der Waals surface area contributed by atoms with Crippen LogP contribution >= 0.6 is 0 Å². The minimum absolute atomic E-state index is 0.0280. The summed E-state index contributed by atoms with van der Waals surface area (Å²) in [6.07, 6.45) is 7.60. The molecule has 0 spiro atoms. The molecule has 0 aromatic heterocycles. The Balaban J connectivity index is 1.69. The van der Waals surface area contributed by atoms with Crippen LogP contribution in [0.1, 0.15) is 63.4 Å². The Labute approximate surface area is 213 Å². The van der Waals surface area contributed by atoms with Gasteiger partial charge in [-0.25, -0.2) is 0 Å². The van der Waals surface area contributed by atoms with E-state index in [0.29, 0.717) is 24.7 Å². The summed E-state index contributed by atoms with van der Waals surface area (Å²) in [5.74, 6) is 8.06. The Hall–Kier alpha value is -2.68. The highest BCUT2D eigenvalue weighted by molar-refractivity contribution is 5.93. The number of benzene rings is 1. The lowest BCUT2D eigenvalue weighted by molar-refractivity contribution is -0.136. The van der Waals surface area contributed by atoms with Crippen LogP contribution in [0.15, 0.2) is 47.1 Å². The van der Waals surface area contributed by atoms with Crippen LogP contribution in [0.3, 0.4) is 0 Å². The van der Waals surface area contributed by atoms with Gasteiger partial charge in [0.05, 0.1) is 12.5 Å². The van der Waals surface area contributed by atoms with Gasteiger partial charge in [-0.1, -0.05) is 36.5 Å². The maximum atomic E-state index is 13.7. The molecule has 4 aliphatic carbocycles. The van der Waals surface area contributed by atoms with Gasteiger partial charge in [-0.2, -0.15) is 0 Å². The van der Waals surface area contributed by atoms with Gasteiger partial charge in [0.2, 0.25) is 0 Å². The van der Waals surface area contributed by atoms with Crippen LogP contribution in [0.2, 0.25) is 0 Å². The van der Waals surface area contributed by atoms with Crippen LogP contribution in [0.4, 0.5) is 0 Å². The number of methoxy groups -OCH3 is 2. The molecule has 2 saturated carbocycles. The highest BCUT2D eigenvalue weighted by Crippen LogP contribution is 2.69. The number of carbonyl (C=O) groups is 2. The summed E-state index contributed by atoms with van der Waals surface area (Å²) in [5.41, 5.74) is 4.12. The van der Waals surface area contributed by atoms with Crippen molar-refractivity contribution in [1.29, 1.82) is 0 Å². The molecule has 5 rings (SSSR count). The van der Waals surface area contributed by atoms with Gasteiger partial charge >= 0.3 is 0 Å². The summed E-state index contributed by atoms with van der Waals surface area (Å²) in [4.78, 5) is 26.0. The molecule has 190 valence electrons. The van der Waals surface area contributed by atoms with Crippen LogP contribution in [-0.4, -0.2) is 44.1 Å². The Kier molecular flexibility index (Phi) is 6.70. The summed E-state index contributed by atoms with van der Waals surface area (Å²) < 4.78 is 10.8. The van der Waals surface area contributed by atoms with E-state index in [1.165, 1.54) is 22.3 Å². The highest BCUT2D eigenvalue weighted by atomic mass is 16.5. The number of fused-ring (bicyclic) bond motifs is 4. The summed E-state index contributed by atoms with van der Waals surface area (Å²) in [6.45, 7) is 2.03. The number of ether oxygens (including phenoxy) is 2. The lowest BCUT2D eigenvalue weighted by Crippen LogP contribution is -2.51. The molecule has 0 bridgehead atoms. The topological polar surface area (TPSA) is 72.8 Å². The van der Waals surface area contributed by atoms with Crippen molar-refractivity contribution < 1.29 is 24.2 Å². The molecule has 4 aliphatic rings. The molecule has 5 atom stereocenters. The van der Waals surface area contributed by atoms with E-state index in [2.05, 4.69) is 30.9 Å². The van der Waals surface area contributed by atoms with Gasteiger partial charge in [-0.05, 0) is 90.7 Å². The number of aliphatic hydroxyl groups excluding tert-OH is 1. The van der Waals surface area contributed by atoms with Gasteiger partial charge in [-0.15, -0.1) is 0 Å². The van der Waals surface area contributed by atoms with Crippen molar-refractivity contribution in [3.63, 3.8) is 0 Å². The second-order valence-corrected chi connectivity index (χ2v) is 11.0. The average Bonchev–Trinajstić information content (AvgIpc) is 3.19. The van der Waals surface area contributed by atoms with Crippen molar-refractivity contribution in [3.05, 3.63) is 52.6 Å². The normalized spacial score (nSPS) is 33.1. The van der Waals surface area contributed by atoms with Gasteiger partial charge in [0.25, 0.3) is 0 Å². The van der Waals surface area contributed by atoms with Gasteiger partial charge in [-0.3, -0.25) is 9.59 Å². The molecule has 5 nitrogen and oxygen atoms in total. The van der Waals surface area contributed by atoms with Crippen molar-refractivity contribution in [2.45, 2.75) is 57.8 Å². The van der Waals surface area contributed by atoms with E-state index >= 15 is 0 Å². The average molecular weight is 489 g/mol. The highest BCUT2D eigenvalue weighted by Gasteiger charge is 2.65. The largest absolute Gasteiger partial charge is 0.497 e. The first-order valence-corrected chi connectivity index (χ1v) is 13.1. The van der Waals surface area contributed by atoms with Gasteiger partial charge in [0.15, 0.2) is 11.6 Å². The van der Waals surface area contributed by atoms with Crippen molar-refractivity contribution in [3.8, 4) is 17.6 Å². The predicted molar refractivity (Wildman–Crippen MR) is 137 cm³/mol. The van der Waals surface area contributed by atoms with E-state index in [4.69, 9.17) is 9.47 Å². The van der Waals surface area contributed by atoms with Crippen LogP contribution < -0.4 is 4.74 Å². The van der Waals surface area contributed by atoms with E-state index in [0.717, 1.165) is 37.9 Å². The number of hydrogen-bond donors (Lipinski definition) is 1. The first kappa shape index (κ1) is 25.0. The third kappa shape index (κ3) is 3.78. The fourth-order valence-corrected chi connectivity index (χ4v) is 8.00.